The Hall–Kier alpha value is -4.13. The molecule has 0 aliphatic heterocycles. The predicted octanol–water partition coefficient (Wildman–Crippen LogP) is 5.32. The molecule has 32 heavy (non-hydrogen) atoms. The number of amides is 1. The number of nitrogens with one attached hydrogen (secondary N) is 1. The SMILES string of the molecule is CCCOc1cccc(C(=O)Nc2cccc(Oc3ccnc(-c4cnn(C)c4)c3)c2)c1. The van der Waals surface area contributed by atoms with Crippen LogP contribution in [0, 0.1) is 0 Å². The number of carbonyl (C=O) groups is 1. The smallest absolute Gasteiger partial charge is 0.255 e. The topological polar surface area (TPSA) is 78.3 Å². The molecule has 7 nitrogen and oxygen atoms in total. The van der Waals surface area contributed by atoms with Crippen LogP contribution >= 0.6 is 0 Å². The molecule has 1 N–H and O–H groups in total. The summed E-state index contributed by atoms with van der Waals surface area (Å²) in [5.74, 6) is 1.71. The number of benzene rings is 2. The molecule has 2 heterocycles. The highest BCUT2D eigenvalue weighted by Crippen LogP contribution is 2.27. The van der Waals surface area contributed by atoms with Crippen molar-refractivity contribution in [2.24, 2.45) is 7.05 Å². The van der Waals surface area contributed by atoms with E-state index in [1.54, 1.807) is 41.3 Å². The molecule has 0 unspecified atom stereocenters. The highest BCUT2D eigenvalue weighted by molar-refractivity contribution is 6.04. The predicted molar refractivity (Wildman–Crippen MR) is 123 cm³/mol. The summed E-state index contributed by atoms with van der Waals surface area (Å²) in [6.45, 7) is 2.65. The van der Waals surface area contributed by atoms with Gasteiger partial charge in [0.2, 0.25) is 0 Å². The molecule has 0 saturated heterocycles. The number of carbonyl (C=O) groups excluding carboxylic acids is 1. The third-order valence-electron chi connectivity index (χ3n) is 4.63. The van der Waals surface area contributed by atoms with Crippen LogP contribution in [0.5, 0.6) is 17.2 Å². The van der Waals surface area contributed by atoms with Gasteiger partial charge in [0.05, 0.1) is 18.5 Å². The van der Waals surface area contributed by atoms with Gasteiger partial charge < -0.3 is 14.8 Å². The van der Waals surface area contributed by atoms with Gasteiger partial charge in [-0.15, -0.1) is 0 Å². The number of hydrogen-bond donors (Lipinski definition) is 1. The fraction of sp³-hybridized carbons (Fsp3) is 0.160. The van der Waals surface area contributed by atoms with Crippen LogP contribution in [-0.4, -0.2) is 27.3 Å². The zero-order chi connectivity index (χ0) is 22.3. The Morgan fingerprint density at radius 1 is 1.03 bits per heavy atom. The summed E-state index contributed by atoms with van der Waals surface area (Å²) in [5, 5.41) is 7.09. The van der Waals surface area contributed by atoms with E-state index in [2.05, 4.69) is 15.4 Å². The number of hydrogen-bond acceptors (Lipinski definition) is 5. The molecule has 0 saturated carbocycles. The Kier molecular flexibility index (Phi) is 6.46. The third-order valence-corrected chi connectivity index (χ3v) is 4.63. The van der Waals surface area contributed by atoms with Crippen LogP contribution < -0.4 is 14.8 Å². The van der Waals surface area contributed by atoms with Crippen molar-refractivity contribution in [1.82, 2.24) is 14.8 Å². The van der Waals surface area contributed by atoms with Crippen molar-refractivity contribution in [3.05, 3.63) is 84.8 Å². The van der Waals surface area contributed by atoms with Crippen LogP contribution in [0.15, 0.2) is 79.3 Å². The van der Waals surface area contributed by atoms with Gasteiger partial charge in [0.15, 0.2) is 0 Å². The van der Waals surface area contributed by atoms with E-state index in [1.807, 2.05) is 56.6 Å². The summed E-state index contributed by atoms with van der Waals surface area (Å²) in [5.41, 5.74) is 2.84. The molecule has 0 radical (unpaired) electrons. The van der Waals surface area contributed by atoms with Gasteiger partial charge in [-0.3, -0.25) is 14.5 Å². The van der Waals surface area contributed by atoms with E-state index in [9.17, 15) is 4.79 Å². The number of ether oxygens (including phenoxy) is 2. The summed E-state index contributed by atoms with van der Waals surface area (Å²) >= 11 is 0. The molecule has 0 atom stereocenters. The maximum atomic E-state index is 12.7. The molecule has 4 rings (SSSR count). The van der Waals surface area contributed by atoms with Crippen molar-refractivity contribution in [2.45, 2.75) is 13.3 Å². The number of nitrogens with zero attached hydrogens (tertiary/aromatic N) is 3. The van der Waals surface area contributed by atoms with Gasteiger partial charge in [0, 0.05) is 48.4 Å². The highest BCUT2D eigenvalue weighted by Gasteiger charge is 2.09. The molecule has 2 aromatic heterocycles. The average Bonchev–Trinajstić information content (AvgIpc) is 3.25. The Labute approximate surface area is 186 Å². The number of aromatic nitrogens is 3. The zero-order valence-corrected chi connectivity index (χ0v) is 18.0. The van der Waals surface area contributed by atoms with Gasteiger partial charge in [-0.05, 0) is 42.8 Å². The number of pyridine rings is 1. The van der Waals surface area contributed by atoms with Gasteiger partial charge in [0.25, 0.3) is 5.91 Å². The van der Waals surface area contributed by atoms with Gasteiger partial charge in [0.1, 0.15) is 17.2 Å². The Morgan fingerprint density at radius 2 is 1.84 bits per heavy atom. The van der Waals surface area contributed by atoms with Crippen LogP contribution in [0.25, 0.3) is 11.3 Å². The Bertz CT molecular complexity index is 1220. The molecule has 7 heteroatoms. The molecule has 0 aliphatic carbocycles. The van der Waals surface area contributed by atoms with Crippen molar-refractivity contribution in [3.63, 3.8) is 0 Å². The minimum Gasteiger partial charge on any atom is -0.494 e. The first-order valence-corrected chi connectivity index (χ1v) is 10.4. The second-order valence-electron chi connectivity index (χ2n) is 7.24. The van der Waals surface area contributed by atoms with E-state index in [0.29, 0.717) is 35.1 Å². The normalized spacial score (nSPS) is 10.6. The minimum absolute atomic E-state index is 0.216. The maximum Gasteiger partial charge on any atom is 0.255 e. The lowest BCUT2D eigenvalue weighted by Gasteiger charge is -2.10. The molecule has 4 aromatic rings. The Balaban J connectivity index is 1.46. The molecule has 1 amide bonds. The van der Waals surface area contributed by atoms with Crippen molar-refractivity contribution in [3.8, 4) is 28.5 Å². The van der Waals surface area contributed by atoms with E-state index >= 15 is 0 Å². The van der Waals surface area contributed by atoms with Crippen LogP contribution in [-0.2, 0) is 7.05 Å². The second-order valence-corrected chi connectivity index (χ2v) is 7.24. The first kappa shape index (κ1) is 21.1. The van der Waals surface area contributed by atoms with Crippen molar-refractivity contribution >= 4 is 11.6 Å². The van der Waals surface area contributed by atoms with E-state index in [4.69, 9.17) is 9.47 Å². The van der Waals surface area contributed by atoms with Gasteiger partial charge >= 0.3 is 0 Å². The summed E-state index contributed by atoms with van der Waals surface area (Å²) in [6, 6.07) is 18.0. The van der Waals surface area contributed by atoms with Crippen molar-refractivity contribution < 1.29 is 14.3 Å². The summed E-state index contributed by atoms with van der Waals surface area (Å²) in [6.07, 6.45) is 6.25. The fourth-order valence-electron chi connectivity index (χ4n) is 3.11. The largest absolute Gasteiger partial charge is 0.494 e. The lowest BCUT2D eigenvalue weighted by Crippen LogP contribution is -2.12. The summed E-state index contributed by atoms with van der Waals surface area (Å²) in [7, 11) is 1.86. The molecule has 162 valence electrons. The van der Waals surface area contributed by atoms with Crippen molar-refractivity contribution in [2.75, 3.05) is 11.9 Å². The molecule has 0 aliphatic rings. The quantitative estimate of drug-likeness (QED) is 0.411. The molecule has 0 bridgehead atoms. The van der Waals surface area contributed by atoms with Gasteiger partial charge in [-0.1, -0.05) is 19.1 Å². The maximum absolute atomic E-state index is 12.7. The van der Waals surface area contributed by atoms with E-state index < -0.39 is 0 Å². The lowest BCUT2D eigenvalue weighted by molar-refractivity contribution is 0.102. The monoisotopic (exact) mass is 428 g/mol. The van der Waals surface area contributed by atoms with Crippen LogP contribution in [0.2, 0.25) is 0 Å². The molecule has 0 fully saturated rings. The molecule has 2 aromatic carbocycles. The molecule has 0 spiro atoms. The van der Waals surface area contributed by atoms with E-state index in [1.165, 1.54) is 0 Å². The summed E-state index contributed by atoms with van der Waals surface area (Å²) in [4.78, 5) is 17.1. The average molecular weight is 428 g/mol. The van der Waals surface area contributed by atoms with Crippen LogP contribution in [0.1, 0.15) is 23.7 Å². The highest BCUT2D eigenvalue weighted by atomic mass is 16.5. The number of anilines is 1. The first-order chi connectivity index (χ1) is 15.6. The van der Waals surface area contributed by atoms with Crippen LogP contribution in [0.3, 0.4) is 0 Å². The summed E-state index contributed by atoms with van der Waals surface area (Å²) < 4.78 is 13.3. The second kappa shape index (κ2) is 9.78. The zero-order valence-electron chi connectivity index (χ0n) is 18.0. The van der Waals surface area contributed by atoms with E-state index in [-0.39, 0.29) is 5.91 Å². The van der Waals surface area contributed by atoms with Crippen LogP contribution in [0.4, 0.5) is 5.69 Å². The molecular formula is C25H24N4O3. The fourth-order valence-corrected chi connectivity index (χ4v) is 3.11. The number of rotatable bonds is 8. The standard InChI is InChI=1S/C25H24N4O3/c1-3-12-31-21-8-4-6-18(13-21)25(30)28-20-7-5-9-22(14-20)32-23-10-11-26-24(15-23)19-16-27-29(2)17-19/h4-11,13-17H,3,12H2,1-2H3,(H,28,30). The van der Waals surface area contributed by atoms with E-state index in [0.717, 1.165) is 17.7 Å². The van der Waals surface area contributed by atoms with Gasteiger partial charge in [-0.25, -0.2) is 0 Å². The molecular weight excluding hydrogens is 404 g/mol. The third kappa shape index (κ3) is 5.31. The minimum atomic E-state index is -0.216. The van der Waals surface area contributed by atoms with Crippen molar-refractivity contribution in [1.29, 1.82) is 0 Å². The first-order valence-electron chi connectivity index (χ1n) is 10.4. The van der Waals surface area contributed by atoms with Gasteiger partial charge in [-0.2, -0.15) is 5.10 Å². The Morgan fingerprint density at radius 3 is 2.66 bits per heavy atom. The lowest BCUT2D eigenvalue weighted by atomic mass is 10.2. The number of aryl methyl sites for hydroxylation is 1.